The monoisotopic (exact) mass is 244 g/mol. The Morgan fingerprint density at radius 3 is 2.11 bits per heavy atom. The van der Waals surface area contributed by atoms with Gasteiger partial charge in [0.15, 0.2) is 6.29 Å². The number of nitrogens with zero attached hydrogens (tertiary/aromatic N) is 1. The first-order valence-corrected chi connectivity index (χ1v) is 6.06. The summed E-state index contributed by atoms with van der Waals surface area (Å²) in [7, 11) is 0. The van der Waals surface area contributed by atoms with Gasteiger partial charge in [-0.25, -0.2) is 0 Å². The number of benzene rings is 1. The van der Waals surface area contributed by atoms with Crippen molar-refractivity contribution >= 4 is 18.1 Å². The molecule has 0 spiro atoms. The van der Waals surface area contributed by atoms with Crippen LogP contribution in [0.5, 0.6) is 0 Å². The number of imide groups is 1. The molecule has 1 aliphatic heterocycles. The van der Waals surface area contributed by atoms with Crippen LogP contribution in [0, 0.1) is 0 Å². The molecule has 1 aliphatic rings. The maximum Gasteiger partial charge on any atom is 0.261 e. The van der Waals surface area contributed by atoms with Crippen molar-refractivity contribution in [3.05, 3.63) is 35.4 Å². The van der Waals surface area contributed by atoms with Crippen molar-refractivity contribution in [1.82, 2.24) is 4.90 Å². The standard InChI is InChI=1S/C14H14NO3/c16-10-6-2-1-5-9-15-13(17)11-7-3-4-8-12(11)14(15)18/h3-4,7-8H,1-2,5-6,9H2. The van der Waals surface area contributed by atoms with Gasteiger partial charge >= 0.3 is 0 Å². The van der Waals surface area contributed by atoms with Crippen LogP contribution in [-0.4, -0.2) is 29.5 Å². The van der Waals surface area contributed by atoms with Crippen LogP contribution in [0.3, 0.4) is 0 Å². The quantitative estimate of drug-likeness (QED) is 0.567. The van der Waals surface area contributed by atoms with Gasteiger partial charge in [-0.15, -0.1) is 0 Å². The molecule has 0 saturated carbocycles. The van der Waals surface area contributed by atoms with E-state index in [0.29, 0.717) is 24.1 Å². The van der Waals surface area contributed by atoms with Gasteiger partial charge in [-0.2, -0.15) is 0 Å². The predicted molar refractivity (Wildman–Crippen MR) is 66.0 cm³/mol. The van der Waals surface area contributed by atoms with Gasteiger partial charge in [0, 0.05) is 13.0 Å². The molecule has 0 atom stereocenters. The highest BCUT2D eigenvalue weighted by atomic mass is 16.2. The van der Waals surface area contributed by atoms with Crippen LogP contribution in [0.25, 0.3) is 0 Å². The third-order valence-corrected chi connectivity index (χ3v) is 3.04. The molecule has 0 bridgehead atoms. The summed E-state index contributed by atoms with van der Waals surface area (Å²) in [5.74, 6) is -0.421. The van der Waals surface area contributed by atoms with Crippen molar-refractivity contribution < 1.29 is 14.4 Å². The Kier molecular flexibility index (Phi) is 3.87. The first kappa shape index (κ1) is 12.5. The zero-order valence-electron chi connectivity index (χ0n) is 10.0. The summed E-state index contributed by atoms with van der Waals surface area (Å²) < 4.78 is 0. The second-order valence-electron chi connectivity index (χ2n) is 4.26. The zero-order valence-corrected chi connectivity index (χ0v) is 10.0. The molecule has 4 heteroatoms. The average molecular weight is 244 g/mol. The molecule has 0 fully saturated rings. The van der Waals surface area contributed by atoms with Crippen LogP contribution >= 0.6 is 0 Å². The fraction of sp³-hybridized carbons (Fsp3) is 0.357. The lowest BCUT2D eigenvalue weighted by Crippen LogP contribution is -2.30. The molecule has 0 aliphatic carbocycles. The Morgan fingerprint density at radius 1 is 0.944 bits per heavy atom. The topological polar surface area (TPSA) is 54.5 Å². The van der Waals surface area contributed by atoms with Gasteiger partial charge in [-0.05, 0) is 25.0 Å². The lowest BCUT2D eigenvalue weighted by molar-refractivity contribution is 0.0651. The van der Waals surface area contributed by atoms with Crippen molar-refractivity contribution in [1.29, 1.82) is 0 Å². The van der Waals surface area contributed by atoms with Gasteiger partial charge in [0.1, 0.15) is 0 Å². The maximum atomic E-state index is 12.0. The second kappa shape index (κ2) is 5.58. The Balaban J connectivity index is 1.94. The first-order valence-electron chi connectivity index (χ1n) is 6.06. The fourth-order valence-electron chi connectivity index (χ4n) is 2.09. The molecule has 1 aromatic carbocycles. The highest BCUT2D eigenvalue weighted by Crippen LogP contribution is 2.22. The summed E-state index contributed by atoms with van der Waals surface area (Å²) in [6.07, 6.45) is 4.56. The molecule has 93 valence electrons. The molecule has 2 rings (SSSR count). The Labute approximate surface area is 106 Å². The second-order valence-corrected chi connectivity index (χ2v) is 4.26. The Morgan fingerprint density at radius 2 is 1.56 bits per heavy atom. The van der Waals surface area contributed by atoms with Gasteiger partial charge in [-0.3, -0.25) is 19.3 Å². The Hall–Kier alpha value is -1.97. The number of hydrogen-bond acceptors (Lipinski definition) is 3. The molecule has 1 radical (unpaired) electrons. The summed E-state index contributed by atoms with van der Waals surface area (Å²) in [6.45, 7) is 0.422. The molecule has 4 nitrogen and oxygen atoms in total. The number of fused-ring (bicyclic) bond motifs is 1. The van der Waals surface area contributed by atoms with Gasteiger partial charge in [0.05, 0.1) is 11.1 Å². The van der Waals surface area contributed by atoms with E-state index in [4.69, 9.17) is 0 Å². The van der Waals surface area contributed by atoms with E-state index in [9.17, 15) is 14.4 Å². The van der Waals surface area contributed by atoms with E-state index < -0.39 is 0 Å². The zero-order chi connectivity index (χ0) is 13.0. The van der Waals surface area contributed by atoms with Crippen molar-refractivity contribution in [2.75, 3.05) is 6.54 Å². The summed E-state index contributed by atoms with van der Waals surface area (Å²) >= 11 is 0. The van der Waals surface area contributed by atoms with E-state index in [1.807, 2.05) is 6.29 Å². The molecule has 0 saturated heterocycles. The van der Waals surface area contributed by atoms with Gasteiger partial charge in [0.2, 0.25) is 0 Å². The highest BCUT2D eigenvalue weighted by molar-refractivity contribution is 6.21. The average Bonchev–Trinajstić information content (AvgIpc) is 2.64. The molecule has 18 heavy (non-hydrogen) atoms. The predicted octanol–water partition coefficient (Wildman–Crippen LogP) is 1.95. The van der Waals surface area contributed by atoms with E-state index in [2.05, 4.69) is 0 Å². The lowest BCUT2D eigenvalue weighted by Gasteiger charge is -2.12. The number of carbonyl (C=O) groups excluding carboxylic acids is 3. The van der Waals surface area contributed by atoms with E-state index >= 15 is 0 Å². The maximum absolute atomic E-state index is 12.0. The normalized spacial score (nSPS) is 13.9. The minimum Gasteiger partial charge on any atom is -0.291 e. The minimum atomic E-state index is -0.211. The van der Waals surface area contributed by atoms with Crippen molar-refractivity contribution in [3.63, 3.8) is 0 Å². The van der Waals surface area contributed by atoms with Crippen LogP contribution < -0.4 is 0 Å². The third-order valence-electron chi connectivity index (χ3n) is 3.04. The summed E-state index contributed by atoms with van der Waals surface area (Å²) in [4.78, 5) is 35.3. The highest BCUT2D eigenvalue weighted by Gasteiger charge is 2.34. The van der Waals surface area contributed by atoms with E-state index in [1.165, 1.54) is 4.90 Å². The number of carbonyl (C=O) groups is 2. The number of unbranched alkanes of at least 4 members (excludes halogenated alkanes) is 3. The third kappa shape index (κ3) is 2.32. The van der Waals surface area contributed by atoms with Crippen LogP contribution in [-0.2, 0) is 4.79 Å². The number of amides is 2. The molecular formula is C14H14NO3. The summed E-state index contributed by atoms with van der Waals surface area (Å²) in [5.41, 5.74) is 0.979. The van der Waals surface area contributed by atoms with E-state index in [1.54, 1.807) is 24.3 Å². The molecular weight excluding hydrogens is 230 g/mol. The van der Waals surface area contributed by atoms with E-state index in [-0.39, 0.29) is 11.8 Å². The molecule has 1 aromatic rings. The number of hydrogen-bond donors (Lipinski definition) is 0. The van der Waals surface area contributed by atoms with Crippen LogP contribution in [0.15, 0.2) is 24.3 Å². The molecule has 0 unspecified atom stereocenters. The van der Waals surface area contributed by atoms with Gasteiger partial charge in [0.25, 0.3) is 11.8 Å². The molecule has 1 heterocycles. The van der Waals surface area contributed by atoms with Crippen LogP contribution in [0.4, 0.5) is 0 Å². The first-order chi connectivity index (χ1) is 8.75. The molecule has 0 aromatic heterocycles. The molecule has 2 amide bonds. The minimum absolute atomic E-state index is 0.211. The smallest absolute Gasteiger partial charge is 0.261 e. The fourth-order valence-corrected chi connectivity index (χ4v) is 2.09. The van der Waals surface area contributed by atoms with Crippen LogP contribution in [0.1, 0.15) is 46.4 Å². The van der Waals surface area contributed by atoms with Crippen molar-refractivity contribution in [2.24, 2.45) is 0 Å². The molecule has 0 N–H and O–H groups in total. The van der Waals surface area contributed by atoms with Crippen molar-refractivity contribution in [2.45, 2.75) is 25.7 Å². The van der Waals surface area contributed by atoms with Gasteiger partial charge in [-0.1, -0.05) is 18.6 Å². The van der Waals surface area contributed by atoms with E-state index in [0.717, 1.165) is 19.3 Å². The Bertz CT molecular complexity index is 447. The van der Waals surface area contributed by atoms with Gasteiger partial charge < -0.3 is 0 Å². The van der Waals surface area contributed by atoms with Crippen molar-refractivity contribution in [3.8, 4) is 0 Å². The summed E-state index contributed by atoms with van der Waals surface area (Å²) in [6, 6.07) is 6.87. The van der Waals surface area contributed by atoms with Crippen LogP contribution in [0.2, 0.25) is 0 Å². The number of rotatable bonds is 6. The largest absolute Gasteiger partial charge is 0.291 e. The SMILES string of the molecule is O=[C]CCCCCN1C(=O)c2ccccc2C1=O. The summed E-state index contributed by atoms with van der Waals surface area (Å²) in [5, 5.41) is 0. The lowest BCUT2D eigenvalue weighted by atomic mass is 10.1.